The fourth-order valence-electron chi connectivity index (χ4n) is 5.81. The van der Waals surface area contributed by atoms with Crippen molar-refractivity contribution in [2.45, 2.75) is 12.5 Å². The van der Waals surface area contributed by atoms with Gasteiger partial charge in [-0.1, -0.05) is 103 Å². The first-order valence-corrected chi connectivity index (χ1v) is 13.9. The average Bonchev–Trinajstić information content (AvgIpc) is 3.48. The highest BCUT2D eigenvalue weighted by Crippen LogP contribution is 2.44. The Bertz CT molecular complexity index is 1790. The highest BCUT2D eigenvalue weighted by atomic mass is 16.5. The van der Waals surface area contributed by atoms with Crippen molar-refractivity contribution in [3.05, 3.63) is 156 Å². The Morgan fingerprint density at radius 1 is 0.762 bits per heavy atom. The molecule has 0 saturated carbocycles. The van der Waals surface area contributed by atoms with E-state index < -0.39 is 5.54 Å². The molecule has 6 aromatic rings. The first-order valence-electron chi connectivity index (χ1n) is 13.9. The van der Waals surface area contributed by atoms with Gasteiger partial charge in [0.15, 0.2) is 6.61 Å². The Hall–Kier alpha value is -5.49. The summed E-state index contributed by atoms with van der Waals surface area (Å²) in [7, 11) is 0. The number of amides is 1. The topological polar surface area (TPSA) is 69.0 Å². The maximum absolute atomic E-state index is 12.1. The van der Waals surface area contributed by atoms with E-state index in [1.165, 1.54) is 0 Å². The summed E-state index contributed by atoms with van der Waals surface area (Å²) < 4.78 is 7.71. The van der Waals surface area contributed by atoms with Crippen molar-refractivity contribution < 1.29 is 9.53 Å². The summed E-state index contributed by atoms with van der Waals surface area (Å²) in [6.07, 6.45) is 2.10. The van der Waals surface area contributed by atoms with Crippen LogP contribution in [0.2, 0.25) is 0 Å². The lowest BCUT2D eigenvalue weighted by molar-refractivity contribution is -0.118. The van der Waals surface area contributed by atoms with Gasteiger partial charge in [0.2, 0.25) is 0 Å². The van der Waals surface area contributed by atoms with Crippen molar-refractivity contribution in [1.82, 2.24) is 14.8 Å². The molecule has 0 radical (unpaired) electrons. The van der Waals surface area contributed by atoms with Gasteiger partial charge >= 0.3 is 0 Å². The maximum Gasteiger partial charge on any atom is 0.262 e. The Labute approximate surface area is 244 Å². The number of anilines is 1. The van der Waals surface area contributed by atoms with Crippen LogP contribution in [-0.2, 0) is 10.3 Å². The first-order chi connectivity index (χ1) is 20.6. The Morgan fingerprint density at radius 3 is 1.98 bits per heavy atom. The van der Waals surface area contributed by atoms with Crippen LogP contribution in [-0.4, -0.2) is 27.3 Å². The Morgan fingerprint density at radius 2 is 1.38 bits per heavy atom. The second-order valence-corrected chi connectivity index (χ2v) is 10.4. The van der Waals surface area contributed by atoms with Crippen LogP contribution in [0.5, 0.6) is 5.75 Å². The third-order valence-electron chi connectivity index (χ3n) is 7.69. The van der Waals surface area contributed by atoms with Gasteiger partial charge in [0.05, 0.1) is 11.4 Å². The molecule has 0 bridgehead atoms. The van der Waals surface area contributed by atoms with Gasteiger partial charge in [0, 0.05) is 17.5 Å². The van der Waals surface area contributed by atoms with Crippen molar-refractivity contribution in [3.63, 3.8) is 0 Å². The van der Waals surface area contributed by atoms with E-state index in [0.717, 1.165) is 44.9 Å². The molecule has 1 N–H and O–H groups in total. The van der Waals surface area contributed by atoms with Crippen LogP contribution in [0.3, 0.4) is 0 Å². The summed E-state index contributed by atoms with van der Waals surface area (Å²) in [5.41, 5.74) is 7.28. The average molecular weight is 549 g/mol. The number of pyridine rings is 1. The number of aromatic nitrogens is 3. The van der Waals surface area contributed by atoms with E-state index in [4.69, 9.17) is 14.8 Å². The van der Waals surface area contributed by atoms with E-state index in [1.54, 1.807) is 0 Å². The summed E-state index contributed by atoms with van der Waals surface area (Å²) in [6, 6.07) is 43.2. The van der Waals surface area contributed by atoms with Gasteiger partial charge in [0.25, 0.3) is 5.91 Å². The molecule has 0 atom stereocenters. The highest BCUT2D eigenvalue weighted by Gasteiger charge is 2.40. The smallest absolute Gasteiger partial charge is 0.262 e. The number of rotatable bonds is 6. The zero-order valence-electron chi connectivity index (χ0n) is 23.1. The van der Waals surface area contributed by atoms with Crippen LogP contribution in [0.4, 0.5) is 5.69 Å². The number of hydrogen-bond acceptors (Lipinski definition) is 4. The zero-order chi connectivity index (χ0) is 28.5. The normalized spacial score (nSPS) is 12.7. The molecular weight excluding hydrogens is 520 g/mol. The molecule has 6 heteroatoms. The summed E-state index contributed by atoms with van der Waals surface area (Å²) in [6.45, 7) is 1.99. The van der Waals surface area contributed by atoms with E-state index in [2.05, 4.69) is 89.0 Å². The number of fused-ring (bicyclic) bond motifs is 1. The standard InChI is InChI=1S/C36H28N4O2/c1-25-12-11-19-31(37-25)35-30(26-20-21-33-32(22-26)38-34(41)24-42-33)23-40(39-35)36(27-13-5-2-6-14-27,28-15-7-3-8-16-28)29-17-9-4-10-18-29/h2-23H,24H2,1H3,(H,38,41). The van der Waals surface area contributed by atoms with Gasteiger partial charge < -0.3 is 10.1 Å². The monoisotopic (exact) mass is 548 g/mol. The lowest BCUT2D eigenvalue weighted by Crippen LogP contribution is -2.38. The minimum atomic E-state index is -0.786. The number of carbonyl (C=O) groups is 1. The van der Waals surface area contributed by atoms with Crippen molar-refractivity contribution in [2.24, 2.45) is 0 Å². The molecule has 42 heavy (non-hydrogen) atoms. The second-order valence-electron chi connectivity index (χ2n) is 10.4. The van der Waals surface area contributed by atoms with Crippen LogP contribution >= 0.6 is 0 Å². The number of hydrogen-bond donors (Lipinski definition) is 1. The largest absolute Gasteiger partial charge is 0.482 e. The third-order valence-corrected chi connectivity index (χ3v) is 7.69. The summed E-state index contributed by atoms with van der Waals surface area (Å²) in [5.74, 6) is 0.473. The van der Waals surface area contributed by atoms with Gasteiger partial charge in [-0.2, -0.15) is 5.10 Å². The quantitative estimate of drug-likeness (QED) is 0.226. The van der Waals surface area contributed by atoms with Crippen LogP contribution < -0.4 is 10.1 Å². The lowest BCUT2D eigenvalue weighted by Gasteiger charge is -2.36. The van der Waals surface area contributed by atoms with Crippen molar-refractivity contribution in [1.29, 1.82) is 0 Å². The molecule has 1 amide bonds. The Kier molecular flexibility index (Phi) is 6.36. The molecule has 1 aliphatic heterocycles. The summed E-state index contributed by atoms with van der Waals surface area (Å²) in [4.78, 5) is 17.0. The highest BCUT2D eigenvalue weighted by molar-refractivity contribution is 5.96. The number of aryl methyl sites for hydroxylation is 1. The van der Waals surface area contributed by atoms with E-state index >= 15 is 0 Å². The first kappa shape index (κ1) is 25.5. The molecule has 0 aliphatic carbocycles. The lowest BCUT2D eigenvalue weighted by atomic mass is 9.77. The zero-order valence-corrected chi connectivity index (χ0v) is 23.1. The van der Waals surface area contributed by atoms with E-state index in [-0.39, 0.29) is 12.5 Å². The van der Waals surface area contributed by atoms with Crippen LogP contribution in [0.1, 0.15) is 22.4 Å². The molecular formula is C36H28N4O2. The molecule has 6 nitrogen and oxygen atoms in total. The Balaban J connectivity index is 1.55. The number of nitrogens with zero attached hydrogens (tertiary/aromatic N) is 3. The maximum atomic E-state index is 12.1. The number of benzene rings is 4. The predicted molar refractivity (Wildman–Crippen MR) is 164 cm³/mol. The second kappa shape index (κ2) is 10.5. The molecule has 204 valence electrons. The van der Waals surface area contributed by atoms with Gasteiger partial charge in [-0.05, 0) is 53.4 Å². The number of carbonyl (C=O) groups excluding carboxylic acids is 1. The minimum Gasteiger partial charge on any atom is -0.482 e. The van der Waals surface area contributed by atoms with Crippen molar-refractivity contribution in [2.75, 3.05) is 11.9 Å². The van der Waals surface area contributed by atoms with E-state index in [1.807, 2.05) is 61.5 Å². The number of ether oxygens (including phenoxy) is 1. The summed E-state index contributed by atoms with van der Waals surface area (Å²) in [5, 5.41) is 8.31. The van der Waals surface area contributed by atoms with Crippen LogP contribution in [0, 0.1) is 6.92 Å². The molecule has 4 aromatic carbocycles. The SMILES string of the molecule is Cc1cccc(-c2nn(C(c3ccccc3)(c3ccccc3)c3ccccc3)cc2-c2ccc3c(c2)NC(=O)CO3)n1. The molecule has 1 aliphatic rings. The van der Waals surface area contributed by atoms with Gasteiger partial charge in [0.1, 0.15) is 17.0 Å². The van der Waals surface area contributed by atoms with Crippen LogP contribution in [0.25, 0.3) is 22.5 Å². The number of nitrogens with one attached hydrogen (secondary N) is 1. The minimum absolute atomic E-state index is 0.0104. The van der Waals surface area contributed by atoms with Crippen LogP contribution in [0.15, 0.2) is 134 Å². The van der Waals surface area contributed by atoms with Gasteiger partial charge in [-0.3, -0.25) is 14.5 Å². The van der Waals surface area contributed by atoms with E-state index in [9.17, 15) is 4.79 Å². The van der Waals surface area contributed by atoms with Crippen molar-refractivity contribution in [3.8, 4) is 28.3 Å². The fraction of sp³-hybridized carbons (Fsp3) is 0.0833. The molecule has 0 saturated heterocycles. The summed E-state index contributed by atoms with van der Waals surface area (Å²) >= 11 is 0. The van der Waals surface area contributed by atoms with E-state index in [0.29, 0.717) is 11.4 Å². The predicted octanol–water partition coefficient (Wildman–Crippen LogP) is 7.09. The molecule has 2 aromatic heterocycles. The molecule has 0 unspecified atom stereocenters. The molecule has 7 rings (SSSR count). The van der Waals surface area contributed by atoms with Crippen molar-refractivity contribution >= 4 is 11.6 Å². The molecule has 3 heterocycles. The molecule has 0 spiro atoms. The fourth-order valence-corrected chi connectivity index (χ4v) is 5.81. The van der Waals surface area contributed by atoms with Gasteiger partial charge in [-0.15, -0.1) is 0 Å². The van der Waals surface area contributed by atoms with Gasteiger partial charge in [-0.25, -0.2) is 0 Å². The third kappa shape index (κ3) is 4.34. The molecule has 0 fully saturated rings.